The highest BCUT2D eigenvalue weighted by Gasteiger charge is 2.44. The average Bonchev–Trinajstić information content (AvgIpc) is 2.62. The predicted molar refractivity (Wildman–Crippen MR) is 88.1 cm³/mol. The van der Waals surface area contributed by atoms with E-state index in [-0.39, 0.29) is 0 Å². The lowest BCUT2D eigenvalue weighted by molar-refractivity contribution is -0.141. The van der Waals surface area contributed by atoms with Crippen molar-refractivity contribution >= 4 is 5.69 Å². The number of rotatable bonds is 3. The Bertz CT molecular complexity index is 814. The van der Waals surface area contributed by atoms with Gasteiger partial charge < -0.3 is 4.90 Å². The Morgan fingerprint density at radius 3 is 2.38 bits per heavy atom. The fourth-order valence-corrected chi connectivity index (χ4v) is 3.80. The number of hydrogen-bond acceptors (Lipinski definition) is 5. The largest absolute Gasteiger partial charge is 0.433 e. The Morgan fingerprint density at radius 1 is 1.08 bits per heavy atom. The van der Waals surface area contributed by atoms with E-state index in [9.17, 15) is 13.2 Å². The summed E-state index contributed by atoms with van der Waals surface area (Å²) in [7, 11) is 0. The molecule has 2 bridgehead atoms. The van der Waals surface area contributed by atoms with Crippen LogP contribution in [0.15, 0.2) is 36.7 Å². The van der Waals surface area contributed by atoms with Crippen molar-refractivity contribution in [3.63, 3.8) is 0 Å². The van der Waals surface area contributed by atoms with Gasteiger partial charge in [-0.3, -0.25) is 9.88 Å². The van der Waals surface area contributed by atoms with E-state index < -0.39 is 11.9 Å². The molecule has 2 unspecified atom stereocenters. The molecule has 0 amide bonds. The molecule has 0 saturated carbocycles. The molecule has 2 atom stereocenters. The molecule has 5 nitrogen and oxygen atoms in total. The number of piperazine rings is 1. The van der Waals surface area contributed by atoms with Crippen molar-refractivity contribution in [1.29, 1.82) is 5.26 Å². The lowest BCUT2D eigenvalue weighted by Crippen LogP contribution is -2.68. The maximum Gasteiger partial charge on any atom is 0.433 e. The molecule has 26 heavy (non-hydrogen) atoms. The molecular formula is C18H16F3N5. The third-order valence-electron chi connectivity index (χ3n) is 4.95. The average molecular weight is 359 g/mol. The first kappa shape index (κ1) is 16.8. The van der Waals surface area contributed by atoms with Gasteiger partial charge in [-0.2, -0.15) is 18.4 Å². The molecule has 0 radical (unpaired) electrons. The zero-order valence-electron chi connectivity index (χ0n) is 13.8. The molecule has 5 heterocycles. The van der Waals surface area contributed by atoms with E-state index in [0.29, 0.717) is 24.3 Å². The topological polar surface area (TPSA) is 56.1 Å². The third-order valence-corrected chi connectivity index (χ3v) is 4.95. The Hall–Kier alpha value is -2.66. The summed E-state index contributed by atoms with van der Waals surface area (Å²) < 4.78 is 37.8. The zero-order valence-corrected chi connectivity index (χ0v) is 13.8. The highest BCUT2D eigenvalue weighted by molar-refractivity contribution is 5.52. The molecule has 5 rings (SSSR count). The second-order valence-electron chi connectivity index (χ2n) is 6.71. The number of nitriles is 1. The van der Waals surface area contributed by atoms with Crippen LogP contribution >= 0.6 is 0 Å². The summed E-state index contributed by atoms with van der Waals surface area (Å²) in [4.78, 5) is 12.2. The quantitative estimate of drug-likeness (QED) is 0.844. The SMILES string of the molecule is N#Cc1ccc(N2C3CC2CN(Cc2ccc(C(F)(F)F)nc2)C3)cn1. The van der Waals surface area contributed by atoms with Gasteiger partial charge in [0.2, 0.25) is 0 Å². The Labute approximate surface area is 148 Å². The van der Waals surface area contributed by atoms with Crippen LogP contribution in [0.1, 0.15) is 23.4 Å². The van der Waals surface area contributed by atoms with E-state index in [1.54, 1.807) is 12.3 Å². The smallest absolute Gasteiger partial charge is 0.362 e. The van der Waals surface area contributed by atoms with Gasteiger partial charge in [0, 0.05) is 37.9 Å². The van der Waals surface area contributed by atoms with Gasteiger partial charge in [-0.1, -0.05) is 6.07 Å². The van der Waals surface area contributed by atoms with Gasteiger partial charge in [0.15, 0.2) is 0 Å². The van der Waals surface area contributed by atoms with Crippen LogP contribution in [0.3, 0.4) is 0 Å². The molecule has 134 valence electrons. The lowest BCUT2D eigenvalue weighted by atomic mass is 9.86. The molecule has 0 aliphatic carbocycles. The standard InChI is InChI=1S/C18H16F3N5/c19-18(20,21)17-4-1-12(7-24-17)9-25-10-15-5-16(11-25)26(15)14-3-2-13(6-22)23-8-14/h1-4,7-8,15-16H,5,9-11H2. The highest BCUT2D eigenvalue weighted by Crippen LogP contribution is 2.37. The van der Waals surface area contributed by atoms with Crippen molar-refractivity contribution < 1.29 is 13.2 Å². The Balaban J connectivity index is 1.38. The van der Waals surface area contributed by atoms with Crippen LogP contribution in [0.4, 0.5) is 18.9 Å². The van der Waals surface area contributed by atoms with Crippen LogP contribution in [0.5, 0.6) is 0 Å². The number of nitrogens with zero attached hydrogens (tertiary/aromatic N) is 5. The van der Waals surface area contributed by atoms with Gasteiger partial charge in [0.05, 0.1) is 11.9 Å². The van der Waals surface area contributed by atoms with Crippen LogP contribution in [0, 0.1) is 11.3 Å². The molecule has 0 aromatic carbocycles. The van der Waals surface area contributed by atoms with E-state index >= 15 is 0 Å². The summed E-state index contributed by atoms with van der Waals surface area (Å²) in [5.74, 6) is 0. The molecule has 8 heteroatoms. The number of fused-ring (bicyclic) bond motifs is 2. The number of piperidine rings is 1. The van der Waals surface area contributed by atoms with E-state index in [1.165, 1.54) is 12.3 Å². The molecule has 0 spiro atoms. The van der Waals surface area contributed by atoms with Crippen molar-refractivity contribution in [2.45, 2.75) is 31.2 Å². The lowest BCUT2D eigenvalue weighted by Gasteiger charge is -2.57. The van der Waals surface area contributed by atoms with Gasteiger partial charge >= 0.3 is 6.18 Å². The second kappa shape index (κ2) is 6.25. The van der Waals surface area contributed by atoms with Crippen LogP contribution in [-0.4, -0.2) is 40.0 Å². The van der Waals surface area contributed by atoms with E-state index in [2.05, 4.69) is 19.8 Å². The fraction of sp³-hybridized carbons (Fsp3) is 0.389. The molecule has 3 aliphatic heterocycles. The minimum atomic E-state index is -4.40. The minimum absolute atomic E-state index is 0.367. The molecule has 2 aromatic rings. The number of hydrogen-bond donors (Lipinski definition) is 0. The zero-order chi connectivity index (χ0) is 18.3. The number of aromatic nitrogens is 2. The fourth-order valence-electron chi connectivity index (χ4n) is 3.80. The summed E-state index contributed by atoms with van der Waals surface area (Å²) >= 11 is 0. The molecule has 0 N–H and O–H groups in total. The monoisotopic (exact) mass is 359 g/mol. The Morgan fingerprint density at radius 2 is 1.85 bits per heavy atom. The minimum Gasteiger partial charge on any atom is -0.362 e. The summed E-state index contributed by atoms with van der Waals surface area (Å²) in [6.07, 6.45) is -0.263. The van der Waals surface area contributed by atoms with Gasteiger partial charge in [-0.15, -0.1) is 0 Å². The predicted octanol–water partition coefficient (Wildman–Crippen LogP) is 2.83. The summed E-state index contributed by atoms with van der Waals surface area (Å²) in [6, 6.07) is 8.91. The summed E-state index contributed by atoms with van der Waals surface area (Å²) in [5.41, 5.74) is 1.34. The summed E-state index contributed by atoms with van der Waals surface area (Å²) in [6.45, 7) is 2.28. The van der Waals surface area contributed by atoms with Gasteiger partial charge in [0.25, 0.3) is 0 Å². The maximum absolute atomic E-state index is 12.6. The molecule has 2 aromatic heterocycles. The number of halogens is 3. The molecular weight excluding hydrogens is 343 g/mol. The van der Waals surface area contributed by atoms with Gasteiger partial charge in [0.1, 0.15) is 17.5 Å². The van der Waals surface area contributed by atoms with E-state index in [1.807, 2.05) is 12.1 Å². The number of pyridine rings is 2. The first-order valence-corrected chi connectivity index (χ1v) is 8.33. The highest BCUT2D eigenvalue weighted by atomic mass is 19.4. The number of anilines is 1. The van der Waals surface area contributed by atoms with Crippen LogP contribution in [-0.2, 0) is 12.7 Å². The Kier molecular flexibility index (Phi) is 4.04. The maximum atomic E-state index is 12.6. The van der Waals surface area contributed by atoms with Crippen molar-refractivity contribution in [3.8, 4) is 6.07 Å². The van der Waals surface area contributed by atoms with Crippen molar-refractivity contribution in [1.82, 2.24) is 14.9 Å². The first-order chi connectivity index (χ1) is 12.4. The van der Waals surface area contributed by atoms with Crippen molar-refractivity contribution in [3.05, 3.63) is 53.6 Å². The normalized spacial score (nSPS) is 22.6. The van der Waals surface area contributed by atoms with Crippen LogP contribution in [0.2, 0.25) is 0 Å². The van der Waals surface area contributed by atoms with Crippen molar-refractivity contribution in [2.24, 2.45) is 0 Å². The molecule has 3 saturated heterocycles. The van der Waals surface area contributed by atoms with Crippen molar-refractivity contribution in [2.75, 3.05) is 18.0 Å². The number of alkyl halides is 3. The van der Waals surface area contributed by atoms with E-state index in [4.69, 9.17) is 5.26 Å². The summed E-state index contributed by atoms with van der Waals surface area (Å²) in [5, 5.41) is 8.84. The van der Waals surface area contributed by atoms with E-state index in [0.717, 1.165) is 36.8 Å². The van der Waals surface area contributed by atoms with Crippen LogP contribution in [0.25, 0.3) is 0 Å². The second-order valence-corrected chi connectivity index (χ2v) is 6.71. The third kappa shape index (κ3) is 3.10. The molecule has 3 aliphatic rings. The van der Waals surface area contributed by atoms with Gasteiger partial charge in [-0.05, 0) is 30.2 Å². The van der Waals surface area contributed by atoms with Crippen LogP contribution < -0.4 is 4.90 Å². The molecule has 3 fully saturated rings. The van der Waals surface area contributed by atoms with Gasteiger partial charge in [-0.25, -0.2) is 4.98 Å². The first-order valence-electron chi connectivity index (χ1n) is 8.33.